The lowest BCUT2D eigenvalue weighted by Gasteiger charge is -2.28. The molecule has 1 aliphatic rings. The van der Waals surface area contributed by atoms with E-state index in [0.717, 1.165) is 0 Å². The van der Waals surface area contributed by atoms with Gasteiger partial charge in [0.2, 0.25) is 6.10 Å². The molecule has 1 N–H and O–H groups in total. The SMILES string of the molecule is CC1Nc2cccc(F)c2OC1C#N. The van der Waals surface area contributed by atoms with Crippen LogP contribution in [0.15, 0.2) is 18.2 Å². The van der Waals surface area contributed by atoms with Crippen LogP contribution in [0.5, 0.6) is 5.75 Å². The molecule has 14 heavy (non-hydrogen) atoms. The van der Waals surface area contributed by atoms with Crippen molar-refractivity contribution in [2.75, 3.05) is 5.32 Å². The highest BCUT2D eigenvalue weighted by Gasteiger charge is 2.27. The summed E-state index contributed by atoms with van der Waals surface area (Å²) in [4.78, 5) is 0. The summed E-state index contributed by atoms with van der Waals surface area (Å²) >= 11 is 0. The Kier molecular flexibility index (Phi) is 2.01. The topological polar surface area (TPSA) is 45.0 Å². The van der Waals surface area contributed by atoms with Crippen molar-refractivity contribution in [3.8, 4) is 11.8 Å². The van der Waals surface area contributed by atoms with E-state index >= 15 is 0 Å². The zero-order chi connectivity index (χ0) is 10.1. The normalized spacial score (nSPS) is 24.1. The second kappa shape index (κ2) is 3.18. The molecule has 1 aliphatic heterocycles. The second-order valence-corrected chi connectivity index (χ2v) is 3.22. The zero-order valence-corrected chi connectivity index (χ0v) is 7.62. The molecule has 1 aromatic rings. The zero-order valence-electron chi connectivity index (χ0n) is 7.62. The van der Waals surface area contributed by atoms with Crippen LogP contribution < -0.4 is 10.1 Å². The van der Waals surface area contributed by atoms with Crippen LogP contribution in [0.2, 0.25) is 0 Å². The minimum atomic E-state index is -0.639. The molecule has 3 nitrogen and oxygen atoms in total. The molecule has 2 atom stereocenters. The van der Waals surface area contributed by atoms with Gasteiger partial charge in [-0.1, -0.05) is 6.07 Å². The van der Waals surface area contributed by atoms with Crippen molar-refractivity contribution < 1.29 is 9.13 Å². The van der Waals surface area contributed by atoms with Gasteiger partial charge in [-0.15, -0.1) is 0 Å². The predicted octanol–water partition coefficient (Wildman–Crippen LogP) is 1.91. The molecule has 0 saturated carbocycles. The third-order valence-electron chi connectivity index (χ3n) is 2.18. The predicted molar refractivity (Wildman–Crippen MR) is 49.5 cm³/mol. The molecule has 72 valence electrons. The number of hydrogen-bond donors (Lipinski definition) is 1. The van der Waals surface area contributed by atoms with Gasteiger partial charge in [0.15, 0.2) is 11.6 Å². The van der Waals surface area contributed by atoms with Gasteiger partial charge in [0.05, 0.1) is 11.7 Å². The summed E-state index contributed by atoms with van der Waals surface area (Å²) in [5.74, 6) is -0.306. The highest BCUT2D eigenvalue weighted by atomic mass is 19.1. The van der Waals surface area contributed by atoms with Gasteiger partial charge in [-0.3, -0.25) is 0 Å². The molecule has 0 fully saturated rings. The Morgan fingerprint density at radius 1 is 1.57 bits per heavy atom. The molecule has 0 aliphatic carbocycles. The molecule has 0 aromatic heterocycles. The summed E-state index contributed by atoms with van der Waals surface area (Å²) in [7, 11) is 0. The van der Waals surface area contributed by atoms with Gasteiger partial charge in [0, 0.05) is 0 Å². The van der Waals surface area contributed by atoms with Gasteiger partial charge in [0.25, 0.3) is 0 Å². The van der Waals surface area contributed by atoms with Crippen LogP contribution in [0.3, 0.4) is 0 Å². The molecule has 0 saturated heterocycles. The Bertz CT molecular complexity index is 400. The molecule has 0 spiro atoms. The number of benzene rings is 1. The molecular formula is C10H9FN2O. The fraction of sp³-hybridized carbons (Fsp3) is 0.300. The second-order valence-electron chi connectivity index (χ2n) is 3.22. The highest BCUT2D eigenvalue weighted by molar-refractivity contribution is 5.59. The van der Waals surface area contributed by atoms with Gasteiger partial charge in [-0.2, -0.15) is 5.26 Å². The summed E-state index contributed by atoms with van der Waals surface area (Å²) in [5.41, 5.74) is 0.601. The van der Waals surface area contributed by atoms with Gasteiger partial charge >= 0.3 is 0 Å². The van der Waals surface area contributed by atoms with Crippen molar-refractivity contribution in [3.63, 3.8) is 0 Å². The number of para-hydroxylation sites is 1. The lowest BCUT2D eigenvalue weighted by atomic mass is 10.1. The molecule has 0 bridgehead atoms. The van der Waals surface area contributed by atoms with Crippen LogP contribution in [0.25, 0.3) is 0 Å². The van der Waals surface area contributed by atoms with Gasteiger partial charge in [-0.25, -0.2) is 4.39 Å². The van der Waals surface area contributed by atoms with Gasteiger partial charge in [-0.05, 0) is 19.1 Å². The number of ether oxygens (including phenoxy) is 1. The van der Waals surface area contributed by atoms with E-state index in [4.69, 9.17) is 10.00 Å². The number of hydrogen-bond acceptors (Lipinski definition) is 3. The van der Waals surface area contributed by atoms with Crippen molar-refractivity contribution in [2.45, 2.75) is 19.1 Å². The highest BCUT2D eigenvalue weighted by Crippen LogP contribution is 2.33. The summed E-state index contributed by atoms with van der Waals surface area (Å²) in [5, 5.41) is 11.8. The third kappa shape index (κ3) is 1.27. The first-order valence-corrected chi connectivity index (χ1v) is 4.33. The quantitative estimate of drug-likeness (QED) is 0.682. The molecular weight excluding hydrogens is 183 g/mol. The molecule has 0 amide bonds. The number of rotatable bonds is 0. The van der Waals surface area contributed by atoms with Gasteiger partial charge < -0.3 is 10.1 Å². The summed E-state index contributed by atoms with van der Waals surface area (Å²) in [6, 6.07) is 6.48. The lowest BCUT2D eigenvalue weighted by Crippen LogP contribution is -2.38. The van der Waals surface area contributed by atoms with Crippen LogP contribution in [-0.2, 0) is 0 Å². The molecule has 0 radical (unpaired) electrons. The number of anilines is 1. The maximum absolute atomic E-state index is 13.2. The number of halogens is 1. The Morgan fingerprint density at radius 3 is 3.07 bits per heavy atom. The maximum Gasteiger partial charge on any atom is 0.204 e. The van der Waals surface area contributed by atoms with Crippen molar-refractivity contribution in [3.05, 3.63) is 24.0 Å². The third-order valence-corrected chi connectivity index (χ3v) is 2.18. The van der Waals surface area contributed by atoms with E-state index in [0.29, 0.717) is 5.69 Å². The van der Waals surface area contributed by atoms with E-state index < -0.39 is 11.9 Å². The molecule has 2 rings (SSSR count). The van der Waals surface area contributed by atoms with E-state index in [1.165, 1.54) is 6.07 Å². The van der Waals surface area contributed by atoms with Crippen molar-refractivity contribution in [1.82, 2.24) is 0 Å². The Hall–Kier alpha value is -1.76. The fourth-order valence-corrected chi connectivity index (χ4v) is 1.43. The Labute approximate surface area is 81.1 Å². The van der Waals surface area contributed by atoms with Gasteiger partial charge in [0.1, 0.15) is 6.07 Å². The number of nitrogens with zero attached hydrogens (tertiary/aromatic N) is 1. The smallest absolute Gasteiger partial charge is 0.204 e. The molecule has 2 unspecified atom stereocenters. The van der Waals surface area contributed by atoms with E-state index in [1.54, 1.807) is 12.1 Å². The van der Waals surface area contributed by atoms with Crippen molar-refractivity contribution >= 4 is 5.69 Å². The molecule has 1 aromatic carbocycles. The van der Waals surface area contributed by atoms with E-state index in [1.807, 2.05) is 13.0 Å². The average molecular weight is 192 g/mol. The van der Waals surface area contributed by atoms with E-state index in [2.05, 4.69) is 5.32 Å². The van der Waals surface area contributed by atoms with Crippen LogP contribution in [-0.4, -0.2) is 12.1 Å². The Morgan fingerprint density at radius 2 is 2.36 bits per heavy atom. The number of fused-ring (bicyclic) bond motifs is 1. The minimum absolute atomic E-state index is 0.130. The largest absolute Gasteiger partial charge is 0.468 e. The van der Waals surface area contributed by atoms with Crippen LogP contribution >= 0.6 is 0 Å². The summed E-state index contributed by atoms with van der Waals surface area (Å²) in [6.07, 6.45) is -0.639. The van der Waals surface area contributed by atoms with Crippen LogP contribution in [0, 0.1) is 17.1 Å². The number of nitrogens with one attached hydrogen (secondary N) is 1. The maximum atomic E-state index is 13.2. The summed E-state index contributed by atoms with van der Waals surface area (Å²) in [6.45, 7) is 1.82. The average Bonchev–Trinajstić information content (AvgIpc) is 2.17. The monoisotopic (exact) mass is 192 g/mol. The lowest BCUT2D eigenvalue weighted by molar-refractivity contribution is 0.217. The molecule has 1 heterocycles. The van der Waals surface area contributed by atoms with Crippen molar-refractivity contribution in [2.24, 2.45) is 0 Å². The number of nitriles is 1. The van der Waals surface area contributed by atoms with Crippen molar-refractivity contribution in [1.29, 1.82) is 5.26 Å². The first-order valence-electron chi connectivity index (χ1n) is 4.33. The first kappa shape index (κ1) is 8.82. The molecule has 4 heteroatoms. The van der Waals surface area contributed by atoms with Crippen LogP contribution in [0.4, 0.5) is 10.1 Å². The fourth-order valence-electron chi connectivity index (χ4n) is 1.43. The summed E-state index contributed by atoms with van der Waals surface area (Å²) < 4.78 is 18.5. The van der Waals surface area contributed by atoms with Crippen LogP contribution in [0.1, 0.15) is 6.92 Å². The standard InChI is InChI=1S/C10H9FN2O/c1-6-9(5-12)14-10-7(11)3-2-4-8(10)13-6/h2-4,6,9,13H,1H3. The Balaban J connectivity index is 2.42. The minimum Gasteiger partial charge on any atom is -0.468 e. The van der Waals surface area contributed by atoms with E-state index in [9.17, 15) is 4.39 Å². The first-order chi connectivity index (χ1) is 6.72. The van der Waals surface area contributed by atoms with E-state index in [-0.39, 0.29) is 11.8 Å².